The van der Waals surface area contributed by atoms with E-state index in [2.05, 4.69) is 10.2 Å². The van der Waals surface area contributed by atoms with Gasteiger partial charge in [-0.05, 0) is 44.0 Å². The second kappa shape index (κ2) is 7.45. The lowest BCUT2D eigenvalue weighted by atomic mass is 10.1. The molecule has 1 unspecified atom stereocenters. The van der Waals surface area contributed by atoms with Crippen LogP contribution in [0.3, 0.4) is 0 Å². The first kappa shape index (κ1) is 17.9. The number of rotatable bonds is 6. The fourth-order valence-electron chi connectivity index (χ4n) is 2.99. The molecule has 0 bridgehead atoms. The van der Waals surface area contributed by atoms with Crippen molar-refractivity contribution in [1.82, 2.24) is 4.90 Å². The van der Waals surface area contributed by atoms with Crippen molar-refractivity contribution < 1.29 is 13.2 Å². The maximum atomic E-state index is 12.2. The second-order valence-corrected chi connectivity index (χ2v) is 8.53. The predicted octanol–water partition coefficient (Wildman–Crippen LogP) is 2.14. The van der Waals surface area contributed by atoms with Crippen molar-refractivity contribution in [2.75, 3.05) is 29.9 Å². The van der Waals surface area contributed by atoms with Gasteiger partial charge in [0.2, 0.25) is 5.91 Å². The normalized spacial score (nSPS) is 19.9. The molecule has 0 radical (unpaired) electrons. The Balaban J connectivity index is 1.89. The van der Waals surface area contributed by atoms with Gasteiger partial charge >= 0.3 is 0 Å². The number of sulfone groups is 1. The molecular weight excluding hydrogens is 312 g/mol. The first-order chi connectivity index (χ1) is 10.8. The summed E-state index contributed by atoms with van der Waals surface area (Å²) in [5, 5.41) is 2.95. The lowest BCUT2D eigenvalue weighted by Gasteiger charge is -2.26. The van der Waals surface area contributed by atoms with Crippen LogP contribution in [0.15, 0.2) is 18.2 Å². The minimum absolute atomic E-state index is 0.0296. The zero-order valence-electron chi connectivity index (χ0n) is 14.1. The Hall–Kier alpha value is -1.40. The van der Waals surface area contributed by atoms with Gasteiger partial charge in [-0.1, -0.05) is 19.1 Å². The fraction of sp³-hybridized carbons (Fsp3) is 0.588. The van der Waals surface area contributed by atoms with Gasteiger partial charge in [-0.25, -0.2) is 8.42 Å². The van der Waals surface area contributed by atoms with Crippen molar-refractivity contribution in [2.45, 2.75) is 39.7 Å². The molecule has 5 nitrogen and oxygen atoms in total. The monoisotopic (exact) mass is 338 g/mol. The molecule has 128 valence electrons. The Bertz CT molecular complexity index is 670. The Morgan fingerprint density at radius 2 is 2.09 bits per heavy atom. The van der Waals surface area contributed by atoms with Gasteiger partial charge in [-0.15, -0.1) is 0 Å². The Labute approximate surface area is 139 Å². The molecule has 1 fully saturated rings. The number of anilines is 1. The molecule has 23 heavy (non-hydrogen) atoms. The van der Waals surface area contributed by atoms with Gasteiger partial charge in [0.05, 0.1) is 11.5 Å². The average molecular weight is 338 g/mol. The lowest BCUT2D eigenvalue weighted by Crippen LogP contribution is -2.38. The highest BCUT2D eigenvalue weighted by molar-refractivity contribution is 7.91. The van der Waals surface area contributed by atoms with E-state index in [1.165, 1.54) is 0 Å². The molecule has 0 aliphatic carbocycles. The summed E-state index contributed by atoms with van der Waals surface area (Å²) in [5.41, 5.74) is 3.00. The summed E-state index contributed by atoms with van der Waals surface area (Å²) < 4.78 is 23.2. The number of aryl methyl sites for hydroxylation is 2. The van der Waals surface area contributed by atoms with Crippen LogP contribution in [0.5, 0.6) is 0 Å². The van der Waals surface area contributed by atoms with Crippen LogP contribution in [-0.4, -0.2) is 49.9 Å². The van der Waals surface area contributed by atoms with E-state index >= 15 is 0 Å². The summed E-state index contributed by atoms with van der Waals surface area (Å²) in [6, 6.07) is 6.03. The molecule has 6 heteroatoms. The molecule has 1 saturated heterocycles. The molecule has 1 aliphatic rings. The molecule has 1 atom stereocenters. The molecular formula is C17H26N2O3S. The standard InChI is InChI=1S/C17H26N2O3S/c1-4-19(15-8-10-23(21,22)12-15)9-7-17(20)18-16-11-13(2)5-6-14(16)3/h5-6,11,15H,4,7-10,12H2,1-3H3,(H,18,20). The Morgan fingerprint density at radius 3 is 2.70 bits per heavy atom. The zero-order chi connectivity index (χ0) is 17.0. The first-order valence-corrected chi connectivity index (χ1v) is 9.94. The number of nitrogens with zero attached hydrogens (tertiary/aromatic N) is 1. The quantitative estimate of drug-likeness (QED) is 0.863. The van der Waals surface area contributed by atoms with E-state index in [1.807, 2.05) is 39.0 Å². The van der Waals surface area contributed by atoms with Crippen molar-refractivity contribution in [1.29, 1.82) is 0 Å². The van der Waals surface area contributed by atoms with Crippen molar-refractivity contribution in [3.63, 3.8) is 0 Å². The van der Waals surface area contributed by atoms with Crippen LogP contribution in [0.2, 0.25) is 0 Å². The fourth-order valence-corrected chi connectivity index (χ4v) is 4.75. The molecule has 1 aromatic rings. The third-order valence-electron chi connectivity index (χ3n) is 4.42. The molecule has 0 saturated carbocycles. The number of carbonyl (C=O) groups is 1. The van der Waals surface area contributed by atoms with Gasteiger partial charge in [-0.3, -0.25) is 9.69 Å². The van der Waals surface area contributed by atoms with Gasteiger partial charge in [0, 0.05) is 24.7 Å². The molecule has 0 spiro atoms. The number of carbonyl (C=O) groups excluding carboxylic acids is 1. The van der Waals surface area contributed by atoms with Gasteiger partial charge in [0.15, 0.2) is 9.84 Å². The first-order valence-electron chi connectivity index (χ1n) is 8.12. The van der Waals surface area contributed by atoms with Crippen molar-refractivity contribution in [3.8, 4) is 0 Å². The summed E-state index contributed by atoms with van der Waals surface area (Å²) in [4.78, 5) is 14.3. The molecule has 1 N–H and O–H groups in total. The summed E-state index contributed by atoms with van der Waals surface area (Å²) >= 11 is 0. The van der Waals surface area contributed by atoms with Crippen LogP contribution in [0.1, 0.15) is 30.9 Å². The molecule has 0 aromatic heterocycles. The second-order valence-electron chi connectivity index (χ2n) is 6.30. The average Bonchev–Trinajstić information content (AvgIpc) is 2.84. The highest BCUT2D eigenvalue weighted by Gasteiger charge is 2.31. The van der Waals surface area contributed by atoms with E-state index in [1.54, 1.807) is 0 Å². The van der Waals surface area contributed by atoms with Gasteiger partial charge in [-0.2, -0.15) is 0 Å². The van der Waals surface area contributed by atoms with E-state index in [0.29, 0.717) is 19.4 Å². The number of benzene rings is 1. The smallest absolute Gasteiger partial charge is 0.225 e. The summed E-state index contributed by atoms with van der Waals surface area (Å²) in [5.74, 6) is 0.459. The largest absolute Gasteiger partial charge is 0.326 e. The Kier molecular flexibility index (Phi) is 5.81. The zero-order valence-corrected chi connectivity index (χ0v) is 14.9. The highest BCUT2D eigenvalue weighted by atomic mass is 32.2. The van der Waals surface area contributed by atoms with Crippen LogP contribution in [0.4, 0.5) is 5.69 Å². The highest BCUT2D eigenvalue weighted by Crippen LogP contribution is 2.19. The number of hydrogen-bond acceptors (Lipinski definition) is 4. The van der Waals surface area contributed by atoms with Gasteiger partial charge < -0.3 is 5.32 Å². The van der Waals surface area contributed by atoms with E-state index in [0.717, 1.165) is 23.4 Å². The molecule has 2 rings (SSSR count). The van der Waals surface area contributed by atoms with E-state index in [-0.39, 0.29) is 23.5 Å². The molecule has 1 aromatic carbocycles. The molecule has 1 amide bonds. The van der Waals surface area contributed by atoms with Gasteiger partial charge in [0.25, 0.3) is 0 Å². The summed E-state index contributed by atoms with van der Waals surface area (Å²) in [6.07, 6.45) is 1.05. The van der Waals surface area contributed by atoms with Crippen molar-refractivity contribution in [2.24, 2.45) is 0 Å². The summed E-state index contributed by atoms with van der Waals surface area (Å²) in [6.45, 7) is 7.32. The predicted molar refractivity (Wildman–Crippen MR) is 93.5 cm³/mol. The summed E-state index contributed by atoms with van der Waals surface area (Å²) in [7, 11) is -2.89. The van der Waals surface area contributed by atoms with Crippen LogP contribution >= 0.6 is 0 Å². The van der Waals surface area contributed by atoms with Crippen LogP contribution in [-0.2, 0) is 14.6 Å². The van der Waals surface area contributed by atoms with Crippen LogP contribution in [0, 0.1) is 13.8 Å². The van der Waals surface area contributed by atoms with Gasteiger partial charge in [0.1, 0.15) is 0 Å². The number of nitrogens with one attached hydrogen (secondary N) is 1. The Morgan fingerprint density at radius 1 is 1.35 bits per heavy atom. The minimum Gasteiger partial charge on any atom is -0.326 e. The van der Waals surface area contributed by atoms with Crippen molar-refractivity contribution >= 4 is 21.4 Å². The van der Waals surface area contributed by atoms with E-state index in [4.69, 9.17) is 0 Å². The lowest BCUT2D eigenvalue weighted by molar-refractivity contribution is -0.116. The number of hydrogen-bond donors (Lipinski definition) is 1. The third kappa shape index (κ3) is 5.04. The third-order valence-corrected chi connectivity index (χ3v) is 6.17. The van der Waals surface area contributed by atoms with Crippen LogP contribution in [0.25, 0.3) is 0 Å². The van der Waals surface area contributed by atoms with E-state index in [9.17, 15) is 13.2 Å². The topological polar surface area (TPSA) is 66.5 Å². The molecule has 1 heterocycles. The van der Waals surface area contributed by atoms with E-state index < -0.39 is 9.84 Å². The molecule has 1 aliphatic heterocycles. The SMILES string of the molecule is CCN(CCC(=O)Nc1cc(C)ccc1C)C1CCS(=O)(=O)C1. The maximum absolute atomic E-state index is 12.2. The van der Waals surface area contributed by atoms with Crippen LogP contribution < -0.4 is 5.32 Å². The number of amides is 1. The maximum Gasteiger partial charge on any atom is 0.225 e. The minimum atomic E-state index is -2.89. The van der Waals surface area contributed by atoms with Crippen molar-refractivity contribution in [3.05, 3.63) is 29.3 Å².